The molecule has 176 valence electrons. The molecule has 2 aromatic heterocycles. The second-order valence-corrected chi connectivity index (χ2v) is 11.3. The van der Waals surface area contributed by atoms with Gasteiger partial charge in [-0.3, -0.25) is 9.47 Å². The summed E-state index contributed by atoms with van der Waals surface area (Å²) in [6.07, 6.45) is 3.76. The predicted molar refractivity (Wildman–Crippen MR) is 129 cm³/mol. The Labute approximate surface area is 203 Å². The van der Waals surface area contributed by atoms with Crippen LogP contribution in [0.5, 0.6) is 0 Å². The first-order valence-corrected chi connectivity index (χ1v) is 12.3. The summed E-state index contributed by atoms with van der Waals surface area (Å²) < 4.78 is 15.8. The van der Waals surface area contributed by atoms with Gasteiger partial charge in [-0.15, -0.1) is 10.2 Å². The zero-order chi connectivity index (χ0) is 23.2. The fraction of sp³-hybridized carbons (Fsp3) is 0.480. The number of hydrogen-bond acceptors (Lipinski definition) is 6. The van der Waals surface area contributed by atoms with E-state index in [1.54, 1.807) is 6.92 Å². The van der Waals surface area contributed by atoms with Crippen molar-refractivity contribution in [1.29, 1.82) is 0 Å². The summed E-state index contributed by atoms with van der Waals surface area (Å²) in [7, 11) is 0. The number of nitrogens with zero attached hydrogens (tertiary/aromatic N) is 7. The van der Waals surface area contributed by atoms with Crippen molar-refractivity contribution in [3.63, 3.8) is 0 Å². The van der Waals surface area contributed by atoms with Gasteiger partial charge in [0, 0.05) is 48.7 Å². The second kappa shape index (κ2) is 6.92. The largest absolute Gasteiger partial charge is 0.355 e. The van der Waals surface area contributed by atoms with Crippen molar-refractivity contribution in [1.82, 2.24) is 24.6 Å². The smallest absolute Gasteiger partial charge is 0.231 e. The molecule has 0 unspecified atom stereocenters. The van der Waals surface area contributed by atoms with E-state index in [9.17, 15) is 4.39 Å². The van der Waals surface area contributed by atoms with Gasteiger partial charge in [0.25, 0.3) is 0 Å². The highest BCUT2D eigenvalue weighted by atomic mass is 35.5. The van der Waals surface area contributed by atoms with E-state index in [-0.39, 0.29) is 16.8 Å². The maximum Gasteiger partial charge on any atom is 0.231 e. The zero-order valence-electron chi connectivity index (χ0n) is 19.4. The van der Waals surface area contributed by atoms with Crippen LogP contribution in [0.3, 0.4) is 0 Å². The summed E-state index contributed by atoms with van der Waals surface area (Å²) in [5, 5.41) is 10.1. The van der Waals surface area contributed by atoms with Crippen LogP contribution in [-0.4, -0.2) is 56.4 Å². The molecule has 0 radical (unpaired) electrons. The summed E-state index contributed by atoms with van der Waals surface area (Å²) in [5.74, 6) is 2.52. The summed E-state index contributed by atoms with van der Waals surface area (Å²) in [5.41, 5.74) is 3.47. The lowest BCUT2D eigenvalue weighted by Gasteiger charge is -2.60. The SMILES string of the molecule is Cc1cc(N2CC3(C2)CN(c2nnc4n2-c2ccc(Cl)cc2CN(C2(C)CC2)C4)C3)ncc1F. The van der Waals surface area contributed by atoms with Crippen LogP contribution in [0.4, 0.5) is 16.2 Å². The van der Waals surface area contributed by atoms with Crippen molar-refractivity contribution >= 4 is 23.4 Å². The Hall–Kier alpha value is -2.71. The van der Waals surface area contributed by atoms with Crippen LogP contribution >= 0.6 is 11.6 Å². The Morgan fingerprint density at radius 1 is 1.00 bits per heavy atom. The third-order valence-corrected chi connectivity index (χ3v) is 8.41. The zero-order valence-corrected chi connectivity index (χ0v) is 20.2. The van der Waals surface area contributed by atoms with Crippen molar-refractivity contribution in [3.8, 4) is 5.69 Å². The van der Waals surface area contributed by atoms with Crippen molar-refractivity contribution in [2.75, 3.05) is 36.0 Å². The number of halogens is 2. The van der Waals surface area contributed by atoms with Crippen molar-refractivity contribution < 1.29 is 4.39 Å². The lowest BCUT2D eigenvalue weighted by atomic mass is 9.73. The molecule has 0 atom stereocenters. The fourth-order valence-corrected chi connectivity index (χ4v) is 5.99. The molecule has 4 aliphatic rings. The lowest BCUT2D eigenvalue weighted by Crippen LogP contribution is -2.73. The maximum atomic E-state index is 13.6. The van der Waals surface area contributed by atoms with Crippen LogP contribution in [-0.2, 0) is 13.1 Å². The number of anilines is 2. The Kier molecular flexibility index (Phi) is 4.20. The van der Waals surface area contributed by atoms with Gasteiger partial charge in [0.2, 0.25) is 5.95 Å². The van der Waals surface area contributed by atoms with E-state index in [1.165, 1.54) is 24.6 Å². The van der Waals surface area contributed by atoms with Gasteiger partial charge in [0.15, 0.2) is 5.82 Å². The molecular weight excluding hydrogens is 453 g/mol. The predicted octanol–water partition coefficient (Wildman–Crippen LogP) is 3.96. The third kappa shape index (κ3) is 3.08. The number of aromatic nitrogens is 4. The minimum Gasteiger partial charge on any atom is -0.355 e. The highest BCUT2D eigenvalue weighted by molar-refractivity contribution is 6.30. The van der Waals surface area contributed by atoms with Gasteiger partial charge in [0.1, 0.15) is 11.6 Å². The van der Waals surface area contributed by atoms with Crippen LogP contribution in [0.15, 0.2) is 30.5 Å². The number of benzene rings is 1. The van der Waals surface area contributed by atoms with E-state index in [2.05, 4.69) is 53.5 Å². The van der Waals surface area contributed by atoms with Crippen molar-refractivity contribution in [2.24, 2.45) is 5.41 Å². The highest BCUT2D eigenvalue weighted by Gasteiger charge is 2.54. The average Bonchev–Trinajstić information content (AvgIpc) is 3.42. The first-order valence-electron chi connectivity index (χ1n) is 11.9. The maximum absolute atomic E-state index is 13.6. The van der Waals surface area contributed by atoms with Crippen molar-refractivity contribution in [2.45, 2.75) is 45.3 Å². The Morgan fingerprint density at radius 2 is 1.76 bits per heavy atom. The molecule has 3 aliphatic heterocycles. The summed E-state index contributed by atoms with van der Waals surface area (Å²) >= 11 is 6.40. The van der Waals surface area contributed by atoms with Crippen molar-refractivity contribution in [3.05, 3.63) is 58.3 Å². The summed E-state index contributed by atoms with van der Waals surface area (Å²) in [6.45, 7) is 9.52. The molecule has 1 aliphatic carbocycles. The molecule has 7 rings (SSSR count). The van der Waals surface area contributed by atoms with Crippen LogP contribution in [0, 0.1) is 18.2 Å². The molecule has 3 aromatic rings. The molecule has 7 nitrogen and oxygen atoms in total. The number of hydrogen-bond donors (Lipinski definition) is 0. The van der Waals surface area contributed by atoms with Gasteiger partial charge in [-0.05, 0) is 62.1 Å². The normalized spacial score (nSPS) is 22.0. The first-order chi connectivity index (χ1) is 16.3. The quantitative estimate of drug-likeness (QED) is 0.567. The number of rotatable bonds is 3. The minimum absolute atomic E-state index is 0.234. The van der Waals surface area contributed by atoms with Gasteiger partial charge in [0.05, 0.1) is 18.4 Å². The van der Waals surface area contributed by atoms with Gasteiger partial charge in [-0.2, -0.15) is 0 Å². The number of pyridine rings is 1. The van der Waals surface area contributed by atoms with E-state index < -0.39 is 0 Å². The molecule has 1 aromatic carbocycles. The van der Waals surface area contributed by atoms with Crippen LogP contribution in [0.25, 0.3) is 5.69 Å². The standard InChI is InChI=1S/C25H27ClFN7/c1-16-7-21(28-9-19(16)27)31-12-25(13-31)14-32(15-25)23-30-29-22-11-33(24(2)5-6-24)10-17-8-18(26)3-4-20(17)34(22)23/h3-4,7-9H,5-6,10-15H2,1-2H3. The summed E-state index contributed by atoms with van der Waals surface area (Å²) in [6, 6.07) is 8.00. The fourth-order valence-electron chi connectivity index (χ4n) is 5.80. The lowest BCUT2D eigenvalue weighted by molar-refractivity contribution is 0.153. The molecule has 34 heavy (non-hydrogen) atoms. The van der Waals surface area contributed by atoms with E-state index in [0.29, 0.717) is 5.56 Å². The average molecular weight is 480 g/mol. The molecule has 1 saturated carbocycles. The van der Waals surface area contributed by atoms with Gasteiger partial charge < -0.3 is 9.80 Å². The molecular formula is C25H27ClFN7. The second-order valence-electron chi connectivity index (χ2n) is 10.9. The molecule has 3 fully saturated rings. The molecule has 2 saturated heterocycles. The Bertz CT molecular complexity index is 1300. The van der Waals surface area contributed by atoms with Gasteiger partial charge >= 0.3 is 0 Å². The molecule has 0 amide bonds. The molecule has 1 spiro atoms. The van der Waals surface area contributed by atoms with Crippen LogP contribution in [0.1, 0.15) is 36.7 Å². The topological polar surface area (TPSA) is 53.3 Å². The summed E-state index contributed by atoms with van der Waals surface area (Å²) in [4.78, 5) is 11.4. The van der Waals surface area contributed by atoms with E-state index in [1.807, 2.05) is 12.1 Å². The first kappa shape index (κ1) is 20.6. The van der Waals surface area contributed by atoms with E-state index in [4.69, 9.17) is 11.6 Å². The highest BCUT2D eigenvalue weighted by Crippen LogP contribution is 2.46. The Balaban J connectivity index is 1.14. The van der Waals surface area contributed by atoms with Gasteiger partial charge in [-0.1, -0.05) is 11.6 Å². The number of fused-ring (bicyclic) bond motifs is 3. The van der Waals surface area contributed by atoms with E-state index >= 15 is 0 Å². The molecule has 5 heterocycles. The monoisotopic (exact) mass is 479 g/mol. The van der Waals surface area contributed by atoms with Crippen LogP contribution < -0.4 is 9.80 Å². The third-order valence-electron chi connectivity index (χ3n) is 8.17. The molecule has 0 bridgehead atoms. The van der Waals surface area contributed by atoms with Gasteiger partial charge in [-0.25, -0.2) is 9.37 Å². The molecule has 0 N–H and O–H groups in total. The Morgan fingerprint density at radius 3 is 2.50 bits per heavy atom. The molecule has 9 heteroatoms. The minimum atomic E-state index is -0.253. The van der Waals surface area contributed by atoms with Crippen LogP contribution in [0.2, 0.25) is 5.02 Å². The number of aryl methyl sites for hydroxylation is 1. The van der Waals surface area contributed by atoms with E-state index in [0.717, 1.165) is 67.6 Å².